The predicted octanol–water partition coefficient (Wildman–Crippen LogP) is 4.91. The number of nitriles is 2. The van der Waals surface area contributed by atoms with Crippen LogP contribution in [0.4, 0.5) is 4.39 Å². The van der Waals surface area contributed by atoms with E-state index >= 15 is 0 Å². The van der Waals surface area contributed by atoms with Crippen LogP contribution in [0.2, 0.25) is 0 Å². The van der Waals surface area contributed by atoms with Crippen molar-refractivity contribution in [1.29, 1.82) is 10.5 Å². The molecule has 1 aliphatic carbocycles. The Kier molecular flexibility index (Phi) is 9.06. The molecule has 0 saturated carbocycles. The number of halogens is 1. The van der Waals surface area contributed by atoms with Gasteiger partial charge in [0, 0.05) is 43.7 Å². The van der Waals surface area contributed by atoms with Crippen molar-refractivity contribution in [3.8, 4) is 12.1 Å². The SMILES string of the molecule is CC(C)C(C#N)(CCCN1CCN(CCOC2=C=CC=CC(F)=C2)CC1)c1sccc1C#N. The van der Waals surface area contributed by atoms with Crippen LogP contribution in [0.25, 0.3) is 0 Å². The smallest absolute Gasteiger partial charge is 0.165 e. The molecule has 2 heterocycles. The molecule has 7 heteroatoms. The number of ether oxygens (including phenoxy) is 1. The van der Waals surface area contributed by atoms with Crippen LogP contribution < -0.4 is 0 Å². The van der Waals surface area contributed by atoms with E-state index in [9.17, 15) is 14.9 Å². The average molecular weight is 467 g/mol. The molecule has 0 bridgehead atoms. The van der Waals surface area contributed by atoms with Gasteiger partial charge in [-0.25, -0.2) is 4.39 Å². The molecule has 1 aliphatic heterocycles. The summed E-state index contributed by atoms with van der Waals surface area (Å²) in [5, 5.41) is 21.5. The molecule has 1 aromatic heterocycles. The second kappa shape index (κ2) is 12.0. The van der Waals surface area contributed by atoms with E-state index in [-0.39, 0.29) is 11.7 Å². The first-order chi connectivity index (χ1) is 16.0. The molecule has 1 atom stereocenters. The van der Waals surface area contributed by atoms with E-state index in [4.69, 9.17) is 4.74 Å². The van der Waals surface area contributed by atoms with Crippen LogP contribution in [0.5, 0.6) is 0 Å². The van der Waals surface area contributed by atoms with Crippen molar-refractivity contribution >= 4 is 11.3 Å². The molecule has 1 fully saturated rings. The van der Waals surface area contributed by atoms with E-state index in [1.807, 2.05) is 11.4 Å². The van der Waals surface area contributed by atoms with Gasteiger partial charge < -0.3 is 9.64 Å². The molecule has 0 amide bonds. The lowest BCUT2D eigenvalue weighted by atomic mass is 9.72. The second-order valence-corrected chi connectivity index (χ2v) is 9.63. The van der Waals surface area contributed by atoms with Crippen molar-refractivity contribution < 1.29 is 9.13 Å². The minimum absolute atomic E-state index is 0.141. The van der Waals surface area contributed by atoms with E-state index in [1.165, 1.54) is 23.5 Å². The number of rotatable bonds is 10. The molecule has 0 aromatic carbocycles. The van der Waals surface area contributed by atoms with Crippen LogP contribution in [0.3, 0.4) is 0 Å². The van der Waals surface area contributed by atoms with E-state index < -0.39 is 5.41 Å². The highest BCUT2D eigenvalue weighted by Gasteiger charge is 2.38. The molecule has 174 valence electrons. The molecule has 33 heavy (non-hydrogen) atoms. The highest BCUT2D eigenvalue weighted by molar-refractivity contribution is 7.10. The van der Waals surface area contributed by atoms with E-state index in [1.54, 1.807) is 12.2 Å². The fourth-order valence-electron chi connectivity index (χ4n) is 4.31. The molecule has 5 nitrogen and oxygen atoms in total. The van der Waals surface area contributed by atoms with E-state index in [2.05, 4.69) is 41.5 Å². The maximum atomic E-state index is 13.4. The number of thiophene rings is 1. The van der Waals surface area contributed by atoms with Gasteiger partial charge in [0.25, 0.3) is 0 Å². The van der Waals surface area contributed by atoms with Crippen LogP contribution in [-0.4, -0.2) is 55.7 Å². The second-order valence-electron chi connectivity index (χ2n) is 8.71. The molecule has 1 unspecified atom stereocenters. The quantitative estimate of drug-likeness (QED) is 0.458. The minimum Gasteiger partial charge on any atom is -0.485 e. The summed E-state index contributed by atoms with van der Waals surface area (Å²) in [6, 6.07) is 6.65. The van der Waals surface area contributed by atoms with Crippen molar-refractivity contribution in [3.05, 3.63) is 63.5 Å². The summed E-state index contributed by atoms with van der Waals surface area (Å²) in [7, 11) is 0. The molecule has 0 N–H and O–H groups in total. The van der Waals surface area contributed by atoms with Gasteiger partial charge in [-0.3, -0.25) is 4.90 Å². The zero-order valence-corrected chi connectivity index (χ0v) is 20.2. The number of hydrogen-bond acceptors (Lipinski definition) is 6. The van der Waals surface area contributed by atoms with Gasteiger partial charge in [0.2, 0.25) is 0 Å². The average Bonchev–Trinajstić information content (AvgIpc) is 3.20. The van der Waals surface area contributed by atoms with Gasteiger partial charge in [-0.05, 0) is 48.9 Å². The topological polar surface area (TPSA) is 63.3 Å². The fourth-order valence-corrected chi connectivity index (χ4v) is 5.49. The maximum absolute atomic E-state index is 13.4. The van der Waals surface area contributed by atoms with Crippen molar-refractivity contribution in [2.45, 2.75) is 32.1 Å². The maximum Gasteiger partial charge on any atom is 0.165 e. The Morgan fingerprint density at radius 1 is 1.21 bits per heavy atom. The molecule has 2 aliphatic rings. The third-order valence-electron chi connectivity index (χ3n) is 6.40. The zero-order valence-electron chi connectivity index (χ0n) is 19.4. The molecule has 3 rings (SSSR count). The van der Waals surface area contributed by atoms with Crippen molar-refractivity contribution in [2.24, 2.45) is 5.92 Å². The molecule has 0 radical (unpaired) electrons. The van der Waals surface area contributed by atoms with Gasteiger partial charge in [0.15, 0.2) is 5.76 Å². The first kappa shape index (κ1) is 25.0. The molecular formula is C26H31FN4OS. The number of allylic oxidation sites excluding steroid dienone is 4. The molecule has 1 saturated heterocycles. The predicted molar refractivity (Wildman–Crippen MR) is 129 cm³/mol. The Bertz CT molecular complexity index is 1010. The van der Waals surface area contributed by atoms with E-state index in [0.717, 1.165) is 57.0 Å². The van der Waals surface area contributed by atoms with Gasteiger partial charge >= 0.3 is 0 Å². The van der Waals surface area contributed by atoms with Gasteiger partial charge in [0.1, 0.15) is 18.5 Å². The minimum atomic E-state index is -0.608. The summed E-state index contributed by atoms with van der Waals surface area (Å²) < 4.78 is 19.1. The first-order valence-corrected chi connectivity index (χ1v) is 12.3. The Labute approximate surface area is 200 Å². The summed E-state index contributed by atoms with van der Waals surface area (Å²) >= 11 is 1.53. The van der Waals surface area contributed by atoms with Crippen molar-refractivity contribution in [1.82, 2.24) is 9.80 Å². The Balaban J connectivity index is 1.43. The zero-order chi connectivity index (χ0) is 23.7. The van der Waals surface area contributed by atoms with E-state index in [0.29, 0.717) is 17.9 Å². The lowest BCUT2D eigenvalue weighted by Gasteiger charge is -2.36. The highest BCUT2D eigenvalue weighted by atomic mass is 32.1. The van der Waals surface area contributed by atoms with Crippen molar-refractivity contribution in [2.75, 3.05) is 45.9 Å². The van der Waals surface area contributed by atoms with Gasteiger partial charge in [-0.15, -0.1) is 11.3 Å². The monoisotopic (exact) mass is 466 g/mol. The van der Waals surface area contributed by atoms with Gasteiger partial charge in [0.05, 0.1) is 17.0 Å². The van der Waals surface area contributed by atoms with Crippen LogP contribution in [-0.2, 0) is 10.2 Å². The van der Waals surface area contributed by atoms with Crippen LogP contribution in [0, 0.1) is 28.6 Å². The number of nitrogens with zero attached hydrogens (tertiary/aromatic N) is 4. The molecule has 1 aromatic rings. The standard InChI is InChI=1S/C26H31FN4OS/c1-21(2)26(20-29,25-22(19-28)8-17-33-25)9-5-10-30-11-13-31(14-12-30)15-16-32-24-7-4-3-6-23(27)18-24/h3-4,6,8,17-18,21H,5,9-16H2,1-2H3. The Morgan fingerprint density at radius 2 is 1.94 bits per heavy atom. The third-order valence-corrected chi connectivity index (χ3v) is 7.49. The number of piperazine rings is 1. The van der Waals surface area contributed by atoms with Gasteiger partial charge in [-0.1, -0.05) is 25.7 Å². The fraction of sp³-hybridized carbons (Fsp3) is 0.500. The van der Waals surface area contributed by atoms with Gasteiger partial charge in [-0.2, -0.15) is 10.5 Å². The number of hydrogen-bond donors (Lipinski definition) is 0. The summed E-state index contributed by atoms with van der Waals surface area (Å²) in [6.07, 6.45) is 7.67. The summed E-state index contributed by atoms with van der Waals surface area (Å²) in [4.78, 5) is 5.71. The third kappa shape index (κ3) is 6.44. The lowest BCUT2D eigenvalue weighted by molar-refractivity contribution is 0.101. The van der Waals surface area contributed by atoms with Crippen LogP contribution >= 0.6 is 11.3 Å². The Hall–Kier alpha value is -2.67. The highest BCUT2D eigenvalue weighted by Crippen LogP contribution is 2.41. The first-order valence-electron chi connectivity index (χ1n) is 11.5. The van der Waals surface area contributed by atoms with Crippen LogP contribution in [0.1, 0.15) is 37.1 Å². The summed E-state index contributed by atoms with van der Waals surface area (Å²) in [5.41, 5.74) is 2.95. The van der Waals surface area contributed by atoms with Crippen LogP contribution in [0.15, 0.2) is 53.1 Å². The molecule has 0 spiro atoms. The lowest BCUT2D eigenvalue weighted by Crippen LogP contribution is -2.47. The summed E-state index contributed by atoms with van der Waals surface area (Å²) in [5.74, 6) is 0.232. The normalized spacial score (nSPS) is 18.7. The van der Waals surface area contributed by atoms with Crippen molar-refractivity contribution in [3.63, 3.8) is 0 Å². The summed E-state index contributed by atoms with van der Waals surface area (Å²) in [6.45, 7) is 10.3. The largest absolute Gasteiger partial charge is 0.485 e. The Morgan fingerprint density at radius 3 is 2.61 bits per heavy atom. The molecular weight excluding hydrogens is 435 g/mol.